The molecule has 0 radical (unpaired) electrons. The lowest BCUT2D eigenvalue weighted by Crippen LogP contribution is -2.49. The minimum Gasteiger partial charge on any atom is -0.409 e. The molecule has 1 aromatic rings. The van der Waals surface area contributed by atoms with Crippen molar-refractivity contribution in [1.29, 1.82) is 0 Å². The molecule has 0 fully saturated rings. The third-order valence-corrected chi connectivity index (χ3v) is 3.54. The summed E-state index contributed by atoms with van der Waals surface area (Å²) in [6.45, 7) is 4.13. The van der Waals surface area contributed by atoms with Crippen LogP contribution in [0.15, 0.2) is 35.5 Å². The molecular weight excluding hydrogens is 242 g/mol. The molecule has 0 atom stereocenters. The third-order valence-electron chi connectivity index (χ3n) is 3.54. The second kappa shape index (κ2) is 6.78. The molecule has 0 bridgehead atoms. The Hall–Kier alpha value is -2.04. The smallest absolute Gasteiger partial charge is 0.234 e. The fourth-order valence-electron chi connectivity index (χ4n) is 2.09. The Labute approximate surface area is 113 Å². The number of rotatable bonds is 6. The normalized spacial score (nSPS) is 12.2. The van der Waals surface area contributed by atoms with Gasteiger partial charge in [0.25, 0.3) is 0 Å². The van der Waals surface area contributed by atoms with Gasteiger partial charge in [-0.3, -0.25) is 4.79 Å². The first-order valence-corrected chi connectivity index (χ1v) is 6.41. The van der Waals surface area contributed by atoms with Crippen LogP contribution < -0.4 is 11.1 Å². The van der Waals surface area contributed by atoms with Gasteiger partial charge in [0, 0.05) is 6.54 Å². The number of amidine groups is 1. The highest BCUT2D eigenvalue weighted by Crippen LogP contribution is 2.27. The van der Waals surface area contributed by atoms with Gasteiger partial charge in [0.2, 0.25) is 5.91 Å². The van der Waals surface area contributed by atoms with E-state index in [1.165, 1.54) is 0 Å². The van der Waals surface area contributed by atoms with Gasteiger partial charge in [-0.25, -0.2) is 0 Å². The second-order valence-corrected chi connectivity index (χ2v) is 4.44. The number of carbonyl (C=O) groups is 1. The Morgan fingerprint density at radius 3 is 2.37 bits per heavy atom. The zero-order valence-electron chi connectivity index (χ0n) is 11.4. The molecule has 0 aliphatic carbocycles. The van der Waals surface area contributed by atoms with Crippen LogP contribution in [0.3, 0.4) is 0 Å². The van der Waals surface area contributed by atoms with Crippen molar-refractivity contribution >= 4 is 11.7 Å². The van der Waals surface area contributed by atoms with E-state index in [0.29, 0.717) is 19.4 Å². The number of carbonyl (C=O) groups excluding carboxylic acids is 1. The van der Waals surface area contributed by atoms with Crippen molar-refractivity contribution in [1.82, 2.24) is 5.32 Å². The average molecular weight is 263 g/mol. The quantitative estimate of drug-likeness (QED) is 0.317. The van der Waals surface area contributed by atoms with Crippen molar-refractivity contribution in [2.24, 2.45) is 16.3 Å². The van der Waals surface area contributed by atoms with E-state index in [-0.39, 0.29) is 11.7 Å². The maximum atomic E-state index is 12.3. The Kier molecular flexibility index (Phi) is 5.36. The number of benzene rings is 1. The first-order chi connectivity index (χ1) is 9.10. The van der Waals surface area contributed by atoms with E-state index in [9.17, 15) is 4.79 Å². The molecule has 1 rings (SSSR count). The summed E-state index contributed by atoms with van der Waals surface area (Å²) in [6.07, 6.45) is 0.972. The van der Waals surface area contributed by atoms with Crippen LogP contribution in [0.2, 0.25) is 0 Å². The lowest BCUT2D eigenvalue weighted by Gasteiger charge is -2.28. The van der Waals surface area contributed by atoms with Crippen molar-refractivity contribution in [2.75, 3.05) is 0 Å². The molecule has 0 aliphatic heterocycles. The number of nitrogens with one attached hydrogen (secondary N) is 1. The summed E-state index contributed by atoms with van der Waals surface area (Å²) >= 11 is 0. The number of oxime groups is 1. The van der Waals surface area contributed by atoms with Crippen LogP contribution in [0.1, 0.15) is 32.3 Å². The molecule has 0 aromatic heterocycles. The molecule has 0 aliphatic rings. The van der Waals surface area contributed by atoms with Gasteiger partial charge in [-0.15, -0.1) is 0 Å². The summed E-state index contributed by atoms with van der Waals surface area (Å²) in [5.74, 6) is -0.250. The van der Waals surface area contributed by atoms with Crippen molar-refractivity contribution < 1.29 is 10.0 Å². The summed E-state index contributed by atoms with van der Waals surface area (Å²) in [4.78, 5) is 12.3. The molecule has 19 heavy (non-hydrogen) atoms. The molecule has 0 saturated heterocycles. The highest BCUT2D eigenvalue weighted by Gasteiger charge is 2.39. The van der Waals surface area contributed by atoms with Crippen LogP contribution in [0.25, 0.3) is 0 Å². The molecule has 1 amide bonds. The summed E-state index contributed by atoms with van der Waals surface area (Å²) < 4.78 is 0. The predicted molar refractivity (Wildman–Crippen MR) is 74.7 cm³/mol. The van der Waals surface area contributed by atoms with Gasteiger partial charge in [0.15, 0.2) is 5.84 Å². The Morgan fingerprint density at radius 2 is 1.89 bits per heavy atom. The molecule has 104 valence electrons. The number of hydrogen-bond donors (Lipinski definition) is 3. The van der Waals surface area contributed by atoms with Crippen LogP contribution >= 0.6 is 0 Å². The van der Waals surface area contributed by atoms with Crippen LogP contribution in [-0.4, -0.2) is 17.0 Å². The SMILES string of the molecule is CCC(CC)(C(=O)NCc1ccccc1)C(N)=NO. The van der Waals surface area contributed by atoms with Crippen molar-refractivity contribution in [3.63, 3.8) is 0 Å². The van der Waals surface area contributed by atoms with Gasteiger partial charge in [-0.05, 0) is 18.4 Å². The topological polar surface area (TPSA) is 87.7 Å². The maximum Gasteiger partial charge on any atom is 0.234 e. The van der Waals surface area contributed by atoms with Gasteiger partial charge in [-0.1, -0.05) is 49.3 Å². The Bertz CT molecular complexity index is 439. The number of nitrogens with two attached hydrogens (primary N) is 1. The summed E-state index contributed by atoms with van der Waals surface area (Å²) in [7, 11) is 0. The van der Waals surface area contributed by atoms with Gasteiger partial charge in [0.05, 0.1) is 0 Å². The average Bonchev–Trinajstić information content (AvgIpc) is 2.47. The van der Waals surface area contributed by atoms with E-state index in [4.69, 9.17) is 10.9 Å². The predicted octanol–water partition coefficient (Wildman–Crippen LogP) is 1.86. The summed E-state index contributed by atoms with van der Waals surface area (Å²) in [5, 5.41) is 14.7. The van der Waals surface area contributed by atoms with Crippen molar-refractivity contribution in [3.05, 3.63) is 35.9 Å². The van der Waals surface area contributed by atoms with E-state index in [2.05, 4.69) is 10.5 Å². The van der Waals surface area contributed by atoms with Gasteiger partial charge in [0.1, 0.15) is 5.41 Å². The molecular formula is C14H21N3O2. The van der Waals surface area contributed by atoms with Crippen molar-refractivity contribution in [2.45, 2.75) is 33.2 Å². The Morgan fingerprint density at radius 1 is 1.32 bits per heavy atom. The Balaban J connectivity index is 2.79. The number of nitrogens with zero attached hydrogens (tertiary/aromatic N) is 1. The van der Waals surface area contributed by atoms with E-state index in [0.717, 1.165) is 5.56 Å². The zero-order valence-corrected chi connectivity index (χ0v) is 11.4. The highest BCUT2D eigenvalue weighted by atomic mass is 16.4. The minimum atomic E-state index is -0.941. The van der Waals surface area contributed by atoms with Crippen LogP contribution in [0.5, 0.6) is 0 Å². The molecule has 0 unspecified atom stereocenters. The molecule has 0 heterocycles. The lowest BCUT2D eigenvalue weighted by atomic mass is 9.80. The van der Waals surface area contributed by atoms with Gasteiger partial charge in [-0.2, -0.15) is 0 Å². The first kappa shape index (κ1) is 15.0. The van der Waals surface area contributed by atoms with E-state index in [1.54, 1.807) is 0 Å². The maximum absolute atomic E-state index is 12.3. The highest BCUT2D eigenvalue weighted by molar-refractivity contribution is 6.06. The van der Waals surface area contributed by atoms with Crippen LogP contribution in [-0.2, 0) is 11.3 Å². The van der Waals surface area contributed by atoms with Gasteiger partial charge < -0.3 is 16.3 Å². The number of hydrogen-bond acceptors (Lipinski definition) is 3. The largest absolute Gasteiger partial charge is 0.409 e. The van der Waals surface area contributed by atoms with Gasteiger partial charge >= 0.3 is 0 Å². The van der Waals surface area contributed by atoms with Crippen LogP contribution in [0, 0.1) is 5.41 Å². The third kappa shape index (κ3) is 3.24. The fraction of sp³-hybridized carbons (Fsp3) is 0.429. The fourth-order valence-corrected chi connectivity index (χ4v) is 2.09. The van der Waals surface area contributed by atoms with E-state index < -0.39 is 5.41 Å². The second-order valence-electron chi connectivity index (χ2n) is 4.44. The van der Waals surface area contributed by atoms with Crippen molar-refractivity contribution in [3.8, 4) is 0 Å². The lowest BCUT2D eigenvalue weighted by molar-refractivity contribution is -0.128. The minimum absolute atomic E-state index is 0.0388. The summed E-state index contributed by atoms with van der Waals surface area (Å²) in [6, 6.07) is 9.62. The molecule has 5 nitrogen and oxygen atoms in total. The molecule has 5 heteroatoms. The molecule has 0 spiro atoms. The standard InChI is InChI=1S/C14H21N3O2/c1-3-14(4-2,12(15)17-19)13(18)16-10-11-8-6-5-7-9-11/h5-9,19H,3-4,10H2,1-2H3,(H2,15,17)(H,16,18). The monoisotopic (exact) mass is 263 g/mol. The molecule has 0 saturated carbocycles. The number of amides is 1. The molecule has 1 aromatic carbocycles. The van der Waals surface area contributed by atoms with E-state index in [1.807, 2.05) is 44.2 Å². The molecule has 4 N–H and O–H groups in total. The van der Waals surface area contributed by atoms with E-state index >= 15 is 0 Å². The first-order valence-electron chi connectivity index (χ1n) is 6.41. The van der Waals surface area contributed by atoms with Crippen LogP contribution in [0.4, 0.5) is 0 Å². The summed E-state index contributed by atoms with van der Waals surface area (Å²) in [5.41, 5.74) is 5.75. The zero-order chi connectivity index (χ0) is 14.3.